The van der Waals surface area contributed by atoms with E-state index in [1.54, 1.807) is 6.07 Å². The lowest BCUT2D eigenvalue weighted by molar-refractivity contribution is 0.0660. The summed E-state index contributed by atoms with van der Waals surface area (Å²) in [5.41, 5.74) is 3.84. The molecule has 2 heterocycles. The average molecular weight is 393 g/mol. The van der Waals surface area contributed by atoms with Gasteiger partial charge in [0, 0.05) is 33.9 Å². The molecule has 4 aromatic rings. The number of aromatic carboxylic acids is 1. The molecular weight excluding hydrogens is 376 g/mol. The van der Waals surface area contributed by atoms with E-state index in [0.717, 1.165) is 27.7 Å². The average Bonchev–Trinajstić information content (AvgIpc) is 3.28. The summed E-state index contributed by atoms with van der Waals surface area (Å²) in [7, 11) is 0. The standard InChI is InChI=1S/C22H17ClN2O3/c1-14-6-7-16(23)10-19(14)24-11-15-12-25(20-5-3-2-4-18(15)20)13-17-8-9-21(28-17)22(26)27/h2-12H,13H2,1H3,(H,26,27). The topological polar surface area (TPSA) is 67.7 Å². The van der Waals surface area contributed by atoms with Gasteiger partial charge in [0.15, 0.2) is 0 Å². The maximum atomic E-state index is 11.0. The molecule has 6 heteroatoms. The van der Waals surface area contributed by atoms with E-state index < -0.39 is 5.97 Å². The molecule has 0 aliphatic carbocycles. The van der Waals surface area contributed by atoms with E-state index in [2.05, 4.69) is 4.99 Å². The van der Waals surface area contributed by atoms with Crippen LogP contribution in [0.4, 0.5) is 5.69 Å². The summed E-state index contributed by atoms with van der Waals surface area (Å²) in [6.45, 7) is 2.42. The van der Waals surface area contributed by atoms with Gasteiger partial charge in [-0.3, -0.25) is 4.99 Å². The number of para-hydroxylation sites is 1. The van der Waals surface area contributed by atoms with E-state index in [0.29, 0.717) is 17.3 Å². The molecule has 0 radical (unpaired) electrons. The predicted molar refractivity (Wildman–Crippen MR) is 110 cm³/mol. The second-order valence-electron chi connectivity index (χ2n) is 6.49. The highest BCUT2D eigenvalue weighted by molar-refractivity contribution is 6.30. The molecule has 0 fully saturated rings. The first-order chi connectivity index (χ1) is 13.5. The van der Waals surface area contributed by atoms with Gasteiger partial charge in [-0.1, -0.05) is 35.9 Å². The number of carboxylic acid groups (broad SMARTS) is 1. The number of aromatic nitrogens is 1. The van der Waals surface area contributed by atoms with Crippen LogP contribution in [0, 0.1) is 6.92 Å². The van der Waals surface area contributed by atoms with Crippen LogP contribution in [0.15, 0.2) is 70.2 Å². The molecule has 0 amide bonds. The zero-order chi connectivity index (χ0) is 19.7. The van der Waals surface area contributed by atoms with Crippen molar-refractivity contribution in [3.63, 3.8) is 0 Å². The zero-order valence-corrected chi connectivity index (χ0v) is 15.8. The lowest BCUT2D eigenvalue weighted by Gasteiger charge is -2.02. The summed E-state index contributed by atoms with van der Waals surface area (Å²) >= 11 is 6.08. The van der Waals surface area contributed by atoms with Gasteiger partial charge in [0.2, 0.25) is 5.76 Å². The van der Waals surface area contributed by atoms with Crippen molar-refractivity contribution in [1.29, 1.82) is 0 Å². The molecular formula is C22H17ClN2O3. The summed E-state index contributed by atoms with van der Waals surface area (Å²) in [5, 5.41) is 10.7. The quantitative estimate of drug-likeness (QED) is 0.443. The number of nitrogens with zero attached hydrogens (tertiary/aromatic N) is 2. The molecule has 0 spiro atoms. The third-order valence-corrected chi connectivity index (χ3v) is 4.77. The van der Waals surface area contributed by atoms with E-state index in [1.165, 1.54) is 6.07 Å². The van der Waals surface area contributed by atoms with Gasteiger partial charge >= 0.3 is 5.97 Å². The largest absolute Gasteiger partial charge is 0.475 e. The highest BCUT2D eigenvalue weighted by Gasteiger charge is 2.12. The second-order valence-corrected chi connectivity index (χ2v) is 6.93. The van der Waals surface area contributed by atoms with Gasteiger partial charge < -0.3 is 14.1 Å². The van der Waals surface area contributed by atoms with Crippen molar-refractivity contribution in [3.8, 4) is 0 Å². The molecule has 0 atom stereocenters. The number of aliphatic imine (C=N–C) groups is 1. The van der Waals surface area contributed by atoms with Gasteiger partial charge in [0.25, 0.3) is 0 Å². The van der Waals surface area contributed by atoms with E-state index in [9.17, 15) is 4.79 Å². The highest BCUT2D eigenvalue weighted by Crippen LogP contribution is 2.25. The van der Waals surface area contributed by atoms with E-state index in [4.69, 9.17) is 21.1 Å². The first-order valence-corrected chi connectivity index (χ1v) is 9.09. The Morgan fingerprint density at radius 3 is 2.82 bits per heavy atom. The van der Waals surface area contributed by atoms with Crippen molar-refractivity contribution < 1.29 is 14.3 Å². The van der Waals surface area contributed by atoms with Crippen LogP contribution < -0.4 is 0 Å². The molecule has 4 rings (SSSR count). The normalized spacial score (nSPS) is 11.5. The van der Waals surface area contributed by atoms with Crippen molar-refractivity contribution in [3.05, 3.63) is 88.5 Å². The Morgan fingerprint density at radius 1 is 1.21 bits per heavy atom. The van der Waals surface area contributed by atoms with Gasteiger partial charge in [0.05, 0.1) is 12.2 Å². The van der Waals surface area contributed by atoms with Gasteiger partial charge in [0.1, 0.15) is 5.76 Å². The Morgan fingerprint density at radius 2 is 2.04 bits per heavy atom. The summed E-state index contributed by atoms with van der Waals surface area (Å²) in [5.74, 6) is -0.565. The molecule has 5 nitrogen and oxygen atoms in total. The lowest BCUT2D eigenvalue weighted by Crippen LogP contribution is -1.97. The summed E-state index contributed by atoms with van der Waals surface area (Å²) in [6, 6.07) is 16.8. The van der Waals surface area contributed by atoms with Crippen molar-refractivity contribution in [2.45, 2.75) is 13.5 Å². The number of carboxylic acids is 1. The number of hydrogen-bond donors (Lipinski definition) is 1. The molecule has 2 aromatic carbocycles. The molecule has 140 valence electrons. The maximum absolute atomic E-state index is 11.0. The number of rotatable bonds is 5. The van der Waals surface area contributed by atoms with Crippen LogP contribution in [0.25, 0.3) is 10.9 Å². The number of aryl methyl sites for hydroxylation is 1. The number of benzene rings is 2. The monoisotopic (exact) mass is 392 g/mol. The van der Waals surface area contributed by atoms with Crippen LogP contribution in [0.5, 0.6) is 0 Å². The molecule has 0 bridgehead atoms. The van der Waals surface area contributed by atoms with E-state index in [1.807, 2.05) is 66.4 Å². The Hall–Kier alpha value is -3.31. The Labute approximate surface area is 166 Å². The summed E-state index contributed by atoms with van der Waals surface area (Å²) in [6.07, 6.45) is 3.80. The SMILES string of the molecule is Cc1ccc(Cl)cc1N=Cc1cn(Cc2ccc(C(=O)O)o2)c2ccccc12. The number of fused-ring (bicyclic) bond motifs is 1. The number of furan rings is 1. The van der Waals surface area contributed by atoms with Gasteiger partial charge in [-0.15, -0.1) is 0 Å². The minimum Gasteiger partial charge on any atom is -0.475 e. The molecule has 0 aliphatic rings. The van der Waals surface area contributed by atoms with Crippen LogP contribution in [0.2, 0.25) is 5.02 Å². The molecule has 0 aliphatic heterocycles. The summed E-state index contributed by atoms with van der Waals surface area (Å²) in [4.78, 5) is 15.6. The van der Waals surface area contributed by atoms with Crippen LogP contribution >= 0.6 is 11.6 Å². The molecule has 28 heavy (non-hydrogen) atoms. The molecule has 0 saturated carbocycles. The van der Waals surface area contributed by atoms with Crippen LogP contribution in [-0.4, -0.2) is 21.9 Å². The smallest absolute Gasteiger partial charge is 0.371 e. The van der Waals surface area contributed by atoms with Crippen LogP contribution in [0.3, 0.4) is 0 Å². The maximum Gasteiger partial charge on any atom is 0.371 e. The van der Waals surface area contributed by atoms with Gasteiger partial charge in [-0.25, -0.2) is 4.79 Å². The molecule has 0 unspecified atom stereocenters. The number of carbonyl (C=O) groups is 1. The lowest BCUT2D eigenvalue weighted by atomic mass is 10.2. The Balaban J connectivity index is 1.70. The van der Waals surface area contributed by atoms with Crippen molar-refractivity contribution >= 4 is 40.4 Å². The number of halogens is 1. The first-order valence-electron chi connectivity index (χ1n) is 8.71. The fourth-order valence-electron chi connectivity index (χ4n) is 3.12. The molecule has 2 aromatic heterocycles. The van der Waals surface area contributed by atoms with Crippen molar-refractivity contribution in [2.75, 3.05) is 0 Å². The fraction of sp³-hybridized carbons (Fsp3) is 0.0909. The first kappa shape index (κ1) is 18.1. The van der Waals surface area contributed by atoms with Gasteiger partial charge in [-0.05, 0) is 42.8 Å². The molecule has 1 N–H and O–H groups in total. The Bertz CT molecular complexity index is 1200. The summed E-state index contributed by atoms with van der Waals surface area (Å²) < 4.78 is 7.42. The van der Waals surface area contributed by atoms with Crippen LogP contribution in [-0.2, 0) is 6.54 Å². The van der Waals surface area contributed by atoms with E-state index >= 15 is 0 Å². The van der Waals surface area contributed by atoms with Crippen molar-refractivity contribution in [2.24, 2.45) is 4.99 Å². The minimum absolute atomic E-state index is 0.0651. The minimum atomic E-state index is -1.08. The second kappa shape index (κ2) is 7.37. The van der Waals surface area contributed by atoms with E-state index in [-0.39, 0.29) is 5.76 Å². The zero-order valence-electron chi connectivity index (χ0n) is 15.1. The predicted octanol–water partition coefficient (Wildman–Crippen LogP) is 5.69. The fourth-order valence-corrected chi connectivity index (χ4v) is 3.28. The third kappa shape index (κ3) is 3.57. The highest BCUT2D eigenvalue weighted by atomic mass is 35.5. The third-order valence-electron chi connectivity index (χ3n) is 4.53. The van der Waals surface area contributed by atoms with Gasteiger partial charge in [-0.2, -0.15) is 0 Å². The number of hydrogen-bond acceptors (Lipinski definition) is 3. The Kier molecular flexibility index (Phi) is 4.75. The van der Waals surface area contributed by atoms with Crippen molar-refractivity contribution in [1.82, 2.24) is 4.57 Å². The molecule has 0 saturated heterocycles. The van der Waals surface area contributed by atoms with Crippen LogP contribution in [0.1, 0.15) is 27.4 Å².